The molecule has 0 saturated heterocycles. The zero-order valence-corrected chi connectivity index (χ0v) is 27.5. The second-order valence-electron chi connectivity index (χ2n) is 12.7. The lowest BCUT2D eigenvalue weighted by molar-refractivity contribution is 0.0926. The van der Waals surface area contributed by atoms with Gasteiger partial charge in [-0.2, -0.15) is 0 Å². The lowest BCUT2D eigenvalue weighted by atomic mass is 9.99. The number of amides is 2. The summed E-state index contributed by atoms with van der Waals surface area (Å²) < 4.78 is 2.15. The fraction of sp³-hybridized carbons (Fsp3) is 0.0455. The van der Waals surface area contributed by atoms with Crippen molar-refractivity contribution < 1.29 is 9.59 Å². The number of pyridine rings is 2. The van der Waals surface area contributed by atoms with Gasteiger partial charge >= 0.3 is 0 Å². The van der Waals surface area contributed by atoms with Crippen LogP contribution in [-0.2, 0) is 0 Å². The molecule has 0 N–H and O–H groups in total. The number of carbonyl (C=O) groups is 2. The highest BCUT2D eigenvalue weighted by atomic mass is 16.2. The molecule has 50 heavy (non-hydrogen) atoms. The van der Waals surface area contributed by atoms with E-state index in [2.05, 4.69) is 64.8 Å². The third kappa shape index (κ3) is 4.57. The second-order valence-corrected chi connectivity index (χ2v) is 12.7. The molecule has 0 spiro atoms. The molecule has 8 aromatic rings. The molecule has 0 radical (unpaired) electrons. The zero-order valence-electron chi connectivity index (χ0n) is 27.5. The molecule has 0 saturated carbocycles. The summed E-state index contributed by atoms with van der Waals surface area (Å²) in [7, 11) is 0. The summed E-state index contributed by atoms with van der Waals surface area (Å²) in [6, 6.07) is 40.1. The quantitative estimate of drug-likeness (QED) is 0.175. The maximum atomic E-state index is 14.6. The standard InChI is InChI=1S/C44H30N4O2/c1-27-25-45-20-18-34(27)31-14-16-36-37-17-15-32(35-19-21-46-26-28(35)2)24-41(37)48(40(36)23-31)39-13-7-12-38-42(39)44(50)47(43(38)49)33-11-6-10-30(22-33)29-8-4-3-5-9-29/h3-26H,1-2H3. The number of rotatable bonds is 5. The Bertz CT molecular complexity index is 2570. The van der Waals surface area contributed by atoms with Gasteiger partial charge in [-0.3, -0.25) is 19.6 Å². The molecule has 0 bridgehead atoms. The number of hydrogen-bond acceptors (Lipinski definition) is 4. The highest BCUT2D eigenvalue weighted by molar-refractivity contribution is 6.36. The van der Waals surface area contributed by atoms with Crippen molar-refractivity contribution >= 4 is 39.3 Å². The molecule has 0 unspecified atom stereocenters. The van der Waals surface area contributed by atoms with E-state index in [-0.39, 0.29) is 11.8 Å². The molecular weight excluding hydrogens is 617 g/mol. The Morgan fingerprint density at radius 3 is 1.72 bits per heavy atom. The van der Waals surface area contributed by atoms with Gasteiger partial charge in [0.05, 0.1) is 33.5 Å². The van der Waals surface area contributed by atoms with Crippen molar-refractivity contribution in [1.29, 1.82) is 0 Å². The van der Waals surface area contributed by atoms with Gasteiger partial charge in [-0.25, -0.2) is 4.90 Å². The van der Waals surface area contributed by atoms with Gasteiger partial charge in [-0.05, 0) is 107 Å². The van der Waals surface area contributed by atoms with E-state index < -0.39 is 0 Å². The third-order valence-corrected chi connectivity index (χ3v) is 9.78. The number of carbonyl (C=O) groups excluding carboxylic acids is 2. The van der Waals surface area contributed by atoms with Crippen LogP contribution in [0.15, 0.2) is 146 Å². The topological polar surface area (TPSA) is 68.1 Å². The fourth-order valence-corrected chi connectivity index (χ4v) is 7.35. The first-order valence-corrected chi connectivity index (χ1v) is 16.6. The van der Waals surface area contributed by atoms with Gasteiger partial charge in [-0.1, -0.05) is 72.8 Å². The summed E-state index contributed by atoms with van der Waals surface area (Å²) in [5.74, 6) is -0.679. The van der Waals surface area contributed by atoms with Crippen LogP contribution in [0, 0.1) is 13.8 Å². The van der Waals surface area contributed by atoms with Crippen molar-refractivity contribution in [3.63, 3.8) is 0 Å². The van der Waals surface area contributed by atoms with Crippen molar-refractivity contribution in [3.05, 3.63) is 168 Å². The van der Waals surface area contributed by atoms with Crippen molar-refractivity contribution in [2.75, 3.05) is 4.90 Å². The number of hydrogen-bond donors (Lipinski definition) is 0. The number of benzene rings is 5. The first-order chi connectivity index (χ1) is 24.5. The highest BCUT2D eigenvalue weighted by Crippen LogP contribution is 2.41. The Kier molecular flexibility index (Phi) is 6.78. The van der Waals surface area contributed by atoms with Crippen LogP contribution in [0.1, 0.15) is 31.8 Å². The minimum atomic E-state index is -0.344. The smallest absolute Gasteiger partial charge is 0.268 e. The van der Waals surface area contributed by atoms with Gasteiger partial charge < -0.3 is 4.57 Å². The lowest BCUT2D eigenvalue weighted by Crippen LogP contribution is -2.29. The van der Waals surface area contributed by atoms with Crippen molar-refractivity contribution in [3.8, 4) is 39.1 Å². The predicted octanol–water partition coefficient (Wildman–Crippen LogP) is 9.99. The number of nitrogens with zero attached hydrogens (tertiary/aromatic N) is 4. The largest absolute Gasteiger partial charge is 0.308 e. The number of aryl methyl sites for hydroxylation is 2. The number of anilines is 1. The lowest BCUT2D eigenvalue weighted by Gasteiger charge is -2.16. The van der Waals surface area contributed by atoms with Gasteiger partial charge in [0.15, 0.2) is 0 Å². The molecule has 2 amide bonds. The van der Waals surface area contributed by atoms with Gasteiger partial charge in [0.25, 0.3) is 11.8 Å². The average molecular weight is 647 g/mol. The summed E-state index contributed by atoms with van der Waals surface area (Å²) in [6.45, 7) is 4.11. The molecule has 238 valence electrons. The molecule has 9 rings (SSSR count). The molecule has 4 heterocycles. The maximum absolute atomic E-state index is 14.6. The second kappa shape index (κ2) is 11.5. The first kappa shape index (κ1) is 29.5. The molecule has 6 nitrogen and oxygen atoms in total. The van der Waals surface area contributed by atoms with E-state index in [4.69, 9.17) is 0 Å². The van der Waals surface area contributed by atoms with Crippen LogP contribution in [0.5, 0.6) is 0 Å². The Hall–Kier alpha value is -6.66. The Labute approximate surface area is 288 Å². The number of imide groups is 1. The monoisotopic (exact) mass is 646 g/mol. The molecule has 1 aliphatic rings. The molecular formula is C44H30N4O2. The van der Waals surface area contributed by atoms with Crippen molar-refractivity contribution in [1.82, 2.24) is 14.5 Å². The summed E-state index contributed by atoms with van der Waals surface area (Å²) in [5.41, 5.74) is 12.2. The van der Waals surface area contributed by atoms with E-state index in [9.17, 15) is 9.59 Å². The van der Waals surface area contributed by atoms with Gasteiger partial charge in [-0.15, -0.1) is 0 Å². The molecule has 1 aliphatic heterocycles. The molecule has 0 aliphatic carbocycles. The van der Waals surface area contributed by atoms with E-state index in [0.29, 0.717) is 22.5 Å². The summed E-state index contributed by atoms with van der Waals surface area (Å²) in [5, 5.41) is 2.10. The Morgan fingerprint density at radius 1 is 0.500 bits per heavy atom. The Balaban J connectivity index is 1.28. The fourth-order valence-electron chi connectivity index (χ4n) is 7.35. The van der Waals surface area contributed by atoms with Crippen molar-refractivity contribution in [2.45, 2.75) is 13.8 Å². The van der Waals surface area contributed by atoms with E-state index in [1.54, 1.807) is 18.5 Å². The highest BCUT2D eigenvalue weighted by Gasteiger charge is 2.39. The van der Waals surface area contributed by atoms with E-state index in [1.165, 1.54) is 4.90 Å². The average Bonchev–Trinajstić information content (AvgIpc) is 3.61. The molecule has 0 fully saturated rings. The molecule has 0 atom stereocenters. The van der Waals surface area contributed by atoms with Crippen LogP contribution >= 0.6 is 0 Å². The molecule has 5 aromatic carbocycles. The SMILES string of the molecule is Cc1cnccc1-c1ccc2c3ccc(-c4ccncc4C)cc3n(-c3cccc4c3C(=O)N(c3cccc(-c5ccccc5)c3)C4=O)c2c1. The number of aromatic nitrogens is 3. The summed E-state index contributed by atoms with van der Waals surface area (Å²) in [4.78, 5) is 38.6. The first-order valence-electron chi connectivity index (χ1n) is 16.6. The van der Waals surface area contributed by atoms with Crippen LogP contribution in [0.25, 0.3) is 60.9 Å². The van der Waals surface area contributed by atoms with Crippen LogP contribution in [0.2, 0.25) is 0 Å². The minimum absolute atomic E-state index is 0.334. The van der Waals surface area contributed by atoms with Crippen LogP contribution in [0.3, 0.4) is 0 Å². The van der Waals surface area contributed by atoms with Crippen LogP contribution < -0.4 is 4.90 Å². The normalized spacial score (nSPS) is 12.6. The third-order valence-electron chi connectivity index (χ3n) is 9.78. The van der Waals surface area contributed by atoms with E-state index in [0.717, 1.165) is 66.3 Å². The minimum Gasteiger partial charge on any atom is -0.308 e. The molecule has 6 heteroatoms. The van der Waals surface area contributed by atoms with Crippen molar-refractivity contribution in [2.24, 2.45) is 0 Å². The van der Waals surface area contributed by atoms with E-state index >= 15 is 0 Å². The zero-order chi connectivity index (χ0) is 33.9. The van der Waals surface area contributed by atoms with Crippen LogP contribution in [-0.4, -0.2) is 26.3 Å². The van der Waals surface area contributed by atoms with Gasteiger partial charge in [0, 0.05) is 35.6 Å². The predicted molar refractivity (Wildman–Crippen MR) is 200 cm³/mol. The number of fused-ring (bicyclic) bond motifs is 4. The van der Waals surface area contributed by atoms with Gasteiger partial charge in [0.1, 0.15) is 0 Å². The Morgan fingerprint density at radius 2 is 1.10 bits per heavy atom. The van der Waals surface area contributed by atoms with Crippen LogP contribution in [0.4, 0.5) is 5.69 Å². The summed E-state index contributed by atoms with van der Waals surface area (Å²) >= 11 is 0. The van der Waals surface area contributed by atoms with Gasteiger partial charge in [0.2, 0.25) is 0 Å². The maximum Gasteiger partial charge on any atom is 0.268 e. The summed E-state index contributed by atoms with van der Waals surface area (Å²) in [6.07, 6.45) is 7.35. The molecule has 3 aromatic heterocycles. The van der Waals surface area contributed by atoms with E-state index in [1.807, 2.05) is 91.3 Å².